The van der Waals surface area contributed by atoms with E-state index in [1.54, 1.807) is 20.4 Å². The van der Waals surface area contributed by atoms with E-state index < -0.39 is 8.07 Å². The lowest BCUT2D eigenvalue weighted by Gasteiger charge is -2.46. The Balaban J connectivity index is 1.39. The zero-order valence-electron chi connectivity index (χ0n) is 27.2. The summed E-state index contributed by atoms with van der Waals surface area (Å²) in [7, 11) is 0.972. The highest BCUT2D eigenvalue weighted by molar-refractivity contribution is 6.91. The number of aliphatic hydroxyl groups is 1. The number of ether oxygens (including phenoxy) is 3. The number of methoxy groups -OCH3 is 2. The van der Waals surface area contributed by atoms with Gasteiger partial charge >= 0.3 is 0 Å². The summed E-state index contributed by atoms with van der Waals surface area (Å²) in [6.45, 7) is 7.36. The first-order chi connectivity index (χ1) is 22.2. The average Bonchev–Trinajstić information content (AvgIpc) is 3.56. The van der Waals surface area contributed by atoms with E-state index in [2.05, 4.69) is 37.2 Å². The van der Waals surface area contributed by atoms with Crippen molar-refractivity contribution >= 4 is 29.9 Å². The fourth-order valence-corrected chi connectivity index (χ4v) is 10.8. The lowest BCUT2D eigenvalue weighted by atomic mass is 9.86. The summed E-state index contributed by atoms with van der Waals surface area (Å²) in [4.78, 5) is 29.2. The molecule has 0 spiro atoms. The largest absolute Gasteiger partial charge is 0.497 e. The Hall–Kier alpha value is -3.99. The zero-order chi connectivity index (χ0) is 32.6. The Morgan fingerprint density at radius 2 is 1.87 bits per heavy atom. The van der Waals surface area contributed by atoms with E-state index >= 15 is 0 Å². The molecule has 1 fully saturated rings. The number of benzene rings is 3. The van der Waals surface area contributed by atoms with Crippen LogP contribution in [-0.2, 0) is 9.53 Å². The summed E-state index contributed by atoms with van der Waals surface area (Å²) < 4.78 is 19.9. The van der Waals surface area contributed by atoms with Gasteiger partial charge in [0.05, 0.1) is 51.2 Å². The molecule has 2 aliphatic rings. The van der Waals surface area contributed by atoms with Crippen molar-refractivity contribution in [2.45, 2.75) is 63.1 Å². The summed E-state index contributed by atoms with van der Waals surface area (Å²) in [5, 5.41) is 17.0. The fourth-order valence-electron chi connectivity index (χ4n) is 7.45. The fraction of sp³-hybridized carbons (Fsp3) is 0.417. The highest BCUT2D eigenvalue weighted by Gasteiger charge is 2.49. The molecule has 4 aromatic rings. The molecule has 1 N–H and O–H groups in total. The molecule has 0 aliphatic carbocycles. The van der Waals surface area contributed by atoms with Crippen molar-refractivity contribution in [3.63, 3.8) is 0 Å². The Labute approximate surface area is 270 Å². The predicted octanol–water partition coefficient (Wildman–Crippen LogP) is 4.84. The highest BCUT2D eigenvalue weighted by atomic mass is 28.3. The molecule has 6 rings (SSSR count). The van der Waals surface area contributed by atoms with E-state index in [9.17, 15) is 14.7 Å². The summed E-state index contributed by atoms with van der Waals surface area (Å²) >= 11 is 0. The molecule has 0 radical (unpaired) electrons. The lowest BCUT2D eigenvalue weighted by molar-refractivity contribution is -0.133. The van der Waals surface area contributed by atoms with Crippen molar-refractivity contribution in [2.75, 3.05) is 27.4 Å². The van der Waals surface area contributed by atoms with Gasteiger partial charge in [0, 0.05) is 42.5 Å². The maximum absolute atomic E-state index is 14.0. The maximum atomic E-state index is 14.0. The molecule has 1 aromatic heterocycles. The summed E-state index contributed by atoms with van der Waals surface area (Å²) in [6.07, 6.45) is 3.09. The second-order valence-corrected chi connectivity index (χ2v) is 17.9. The van der Waals surface area contributed by atoms with Gasteiger partial charge in [-0.3, -0.25) is 9.59 Å². The van der Waals surface area contributed by atoms with Crippen LogP contribution < -0.4 is 20.2 Å². The SMILES string of the molecule is COc1ccc([Si](C)(C)C(CC(=O)N2CCC[C@H]2CO)[C@@H]2Oc3ccc(-n4ncc5ccccc5c4=O)cc3[C@H](OC)[C@H]2C)cc1. The molecule has 242 valence electrons. The smallest absolute Gasteiger partial charge is 0.279 e. The predicted molar refractivity (Wildman–Crippen MR) is 181 cm³/mol. The number of aliphatic hydroxyl groups excluding tert-OH is 1. The van der Waals surface area contributed by atoms with E-state index in [0.717, 1.165) is 29.5 Å². The number of carbonyl (C=O) groups is 1. The summed E-state index contributed by atoms with van der Waals surface area (Å²) in [6, 6.07) is 21.2. The monoisotopic (exact) mass is 641 g/mol. The van der Waals surface area contributed by atoms with Crippen LogP contribution in [0.3, 0.4) is 0 Å². The number of hydrogen-bond acceptors (Lipinski definition) is 7. The Morgan fingerprint density at radius 1 is 1.11 bits per heavy atom. The van der Waals surface area contributed by atoms with Crippen LogP contribution in [0.1, 0.15) is 37.9 Å². The number of carbonyl (C=O) groups excluding carboxylic acids is 1. The van der Waals surface area contributed by atoms with E-state index in [1.807, 2.05) is 59.5 Å². The number of amides is 1. The molecule has 1 amide bonds. The third kappa shape index (κ3) is 5.74. The Bertz CT molecular complexity index is 1770. The third-order valence-corrected chi connectivity index (χ3v) is 14.4. The molecule has 2 aliphatic heterocycles. The molecular weight excluding hydrogens is 598 g/mol. The van der Waals surface area contributed by atoms with Gasteiger partial charge in [0.15, 0.2) is 0 Å². The molecule has 10 heteroatoms. The van der Waals surface area contributed by atoms with Gasteiger partial charge in [0.1, 0.15) is 17.6 Å². The number of nitrogens with zero attached hydrogens (tertiary/aromatic N) is 3. The minimum Gasteiger partial charge on any atom is -0.497 e. The summed E-state index contributed by atoms with van der Waals surface area (Å²) in [5.74, 6) is 1.42. The van der Waals surface area contributed by atoms with Crippen LogP contribution in [0.15, 0.2) is 77.7 Å². The van der Waals surface area contributed by atoms with Gasteiger partial charge in [0.2, 0.25) is 5.91 Å². The first kappa shape index (κ1) is 32.0. The molecule has 46 heavy (non-hydrogen) atoms. The van der Waals surface area contributed by atoms with E-state index in [1.165, 1.54) is 9.87 Å². The van der Waals surface area contributed by atoms with Crippen molar-refractivity contribution in [1.29, 1.82) is 0 Å². The van der Waals surface area contributed by atoms with Crippen LogP contribution in [-0.4, -0.2) is 73.3 Å². The Kier molecular flexibility index (Phi) is 9.05. The number of fused-ring (bicyclic) bond motifs is 2. The zero-order valence-corrected chi connectivity index (χ0v) is 28.2. The number of hydrogen-bond donors (Lipinski definition) is 1. The molecule has 1 saturated heterocycles. The minimum absolute atomic E-state index is 0.0252. The van der Waals surface area contributed by atoms with Gasteiger partial charge < -0.3 is 24.2 Å². The molecule has 9 nitrogen and oxygen atoms in total. The molecule has 3 heterocycles. The van der Waals surface area contributed by atoms with Gasteiger partial charge in [-0.25, -0.2) is 0 Å². The average molecular weight is 642 g/mol. The van der Waals surface area contributed by atoms with Crippen LogP contribution in [0.25, 0.3) is 16.5 Å². The Morgan fingerprint density at radius 3 is 2.59 bits per heavy atom. The van der Waals surface area contributed by atoms with Gasteiger partial charge in [0.25, 0.3) is 5.56 Å². The number of aromatic nitrogens is 2. The molecular formula is C36H43N3O6Si. The van der Waals surface area contributed by atoms with Crippen LogP contribution >= 0.6 is 0 Å². The second-order valence-electron chi connectivity index (χ2n) is 13.1. The minimum atomic E-state index is -2.38. The van der Waals surface area contributed by atoms with Crippen molar-refractivity contribution < 1.29 is 24.1 Å². The molecule has 3 aromatic carbocycles. The quantitative estimate of drug-likeness (QED) is 0.261. The topological polar surface area (TPSA) is 103 Å². The normalized spacial score (nSPS) is 21.9. The van der Waals surface area contributed by atoms with Gasteiger partial charge in [-0.1, -0.05) is 55.5 Å². The molecule has 5 atom stereocenters. The number of likely N-dealkylation sites (tertiary alicyclic amines) is 1. The maximum Gasteiger partial charge on any atom is 0.279 e. The molecule has 1 unspecified atom stereocenters. The van der Waals surface area contributed by atoms with Crippen LogP contribution in [0.2, 0.25) is 18.6 Å². The van der Waals surface area contributed by atoms with Crippen LogP contribution in [0.5, 0.6) is 11.5 Å². The number of rotatable bonds is 9. The third-order valence-electron chi connectivity index (χ3n) is 10.2. The van der Waals surface area contributed by atoms with E-state index in [4.69, 9.17) is 14.2 Å². The van der Waals surface area contributed by atoms with E-state index in [0.29, 0.717) is 29.8 Å². The standard InChI is InChI=1S/C36H43N3O6Si/c1-23-34(44-3)30-19-25(39-36(42)29-11-7-6-9-24(29)21-37-39)12-17-31(30)45-35(23)32(20-33(41)38-18-8-10-26(38)22-40)46(4,5)28-15-13-27(43-2)14-16-28/h6-7,9,11-17,19,21,23,26,32,34-35,40H,8,10,18,20,22H2,1-5H3/t23-,26+,32?,34-,35-/m1/s1. The van der Waals surface area contributed by atoms with Crippen molar-refractivity contribution in [3.05, 3.63) is 88.8 Å². The van der Waals surface area contributed by atoms with Crippen molar-refractivity contribution in [2.24, 2.45) is 5.92 Å². The van der Waals surface area contributed by atoms with Crippen molar-refractivity contribution in [1.82, 2.24) is 14.7 Å². The van der Waals surface area contributed by atoms with Crippen molar-refractivity contribution in [3.8, 4) is 17.2 Å². The van der Waals surface area contributed by atoms with E-state index in [-0.39, 0.29) is 47.8 Å². The van der Waals surface area contributed by atoms with Crippen LogP contribution in [0.4, 0.5) is 0 Å². The first-order valence-electron chi connectivity index (χ1n) is 16.0. The van der Waals surface area contributed by atoms with Gasteiger partial charge in [-0.15, -0.1) is 0 Å². The highest BCUT2D eigenvalue weighted by Crippen LogP contribution is 2.47. The molecule has 0 bridgehead atoms. The lowest BCUT2D eigenvalue weighted by Crippen LogP contribution is -2.55. The molecule has 0 saturated carbocycles. The second kappa shape index (κ2) is 13.0. The van der Waals surface area contributed by atoms with Crippen LogP contribution in [0, 0.1) is 5.92 Å². The summed E-state index contributed by atoms with van der Waals surface area (Å²) in [5.41, 5.74) is 1.19. The van der Waals surface area contributed by atoms with Gasteiger partial charge in [-0.05, 0) is 49.2 Å². The van der Waals surface area contributed by atoms with Gasteiger partial charge in [-0.2, -0.15) is 9.78 Å². The first-order valence-corrected chi connectivity index (χ1v) is 19.1.